The number of rotatable bonds is 6. The summed E-state index contributed by atoms with van der Waals surface area (Å²) >= 11 is 0. The molecule has 0 aliphatic carbocycles. The van der Waals surface area contributed by atoms with Gasteiger partial charge < -0.3 is 15.1 Å². The molecule has 1 amide bonds. The summed E-state index contributed by atoms with van der Waals surface area (Å²) in [6.07, 6.45) is 1.69. The molecule has 1 heterocycles. The van der Waals surface area contributed by atoms with Gasteiger partial charge in [-0.15, -0.1) is 0 Å². The van der Waals surface area contributed by atoms with Crippen LogP contribution in [0.2, 0.25) is 0 Å². The van der Waals surface area contributed by atoms with Gasteiger partial charge in [0.25, 0.3) is 5.91 Å². The van der Waals surface area contributed by atoms with Gasteiger partial charge in [0.15, 0.2) is 0 Å². The van der Waals surface area contributed by atoms with E-state index in [1.54, 1.807) is 17.2 Å². The molecular weight excluding hydrogens is 348 g/mol. The molecule has 3 aromatic rings. The molecule has 0 aliphatic rings. The van der Waals surface area contributed by atoms with Crippen molar-refractivity contribution < 1.29 is 4.79 Å². The Morgan fingerprint density at radius 1 is 0.964 bits per heavy atom. The minimum absolute atomic E-state index is 0.102. The monoisotopic (exact) mass is 374 g/mol. The molecule has 0 atom stereocenters. The van der Waals surface area contributed by atoms with Gasteiger partial charge in [-0.2, -0.15) is 0 Å². The van der Waals surface area contributed by atoms with Crippen molar-refractivity contribution in [1.29, 1.82) is 0 Å². The Labute approximate surface area is 166 Å². The molecule has 0 aliphatic heterocycles. The smallest absolute Gasteiger partial charge is 0.276 e. The molecule has 0 saturated carbocycles. The van der Waals surface area contributed by atoms with Crippen molar-refractivity contribution >= 4 is 28.7 Å². The zero-order valence-corrected chi connectivity index (χ0v) is 16.8. The summed E-state index contributed by atoms with van der Waals surface area (Å²) in [5, 5.41) is 3.31. The van der Waals surface area contributed by atoms with Gasteiger partial charge in [0.05, 0.1) is 11.9 Å². The van der Waals surface area contributed by atoms with Crippen LogP contribution < -0.4 is 15.1 Å². The normalized spacial score (nSPS) is 10.4. The average Bonchev–Trinajstić information content (AvgIpc) is 2.69. The number of nitrogens with zero attached hydrogens (tertiary/aromatic N) is 3. The summed E-state index contributed by atoms with van der Waals surface area (Å²) in [5.41, 5.74) is 5.39. The van der Waals surface area contributed by atoms with Gasteiger partial charge in [-0.05, 0) is 67.9 Å². The minimum Gasteiger partial charge on any atom is -0.378 e. The predicted molar refractivity (Wildman–Crippen MR) is 117 cm³/mol. The van der Waals surface area contributed by atoms with Crippen LogP contribution in [0.3, 0.4) is 0 Å². The summed E-state index contributed by atoms with van der Waals surface area (Å²) < 4.78 is 0. The Kier molecular flexibility index (Phi) is 5.94. The fourth-order valence-electron chi connectivity index (χ4n) is 2.98. The number of pyridine rings is 1. The van der Waals surface area contributed by atoms with Crippen molar-refractivity contribution in [1.82, 2.24) is 4.98 Å². The number of anilines is 4. The van der Waals surface area contributed by atoms with E-state index < -0.39 is 0 Å². The van der Waals surface area contributed by atoms with E-state index in [1.165, 1.54) is 0 Å². The molecule has 1 N–H and O–H groups in total. The van der Waals surface area contributed by atoms with Crippen molar-refractivity contribution in [2.24, 2.45) is 0 Å². The summed E-state index contributed by atoms with van der Waals surface area (Å²) in [4.78, 5) is 21.1. The van der Waals surface area contributed by atoms with Crippen molar-refractivity contribution in [2.45, 2.75) is 13.8 Å². The molecule has 1 aromatic heterocycles. The van der Waals surface area contributed by atoms with Crippen molar-refractivity contribution in [3.8, 4) is 0 Å². The van der Waals surface area contributed by atoms with Crippen LogP contribution >= 0.6 is 0 Å². The SMILES string of the molecule is CCN(C(=O)c1ccc(Nc2ccc(N(C)C)cc2)cn1)c1cccc(C)c1. The van der Waals surface area contributed by atoms with Crippen molar-refractivity contribution in [2.75, 3.05) is 35.8 Å². The number of hydrogen-bond acceptors (Lipinski definition) is 4. The molecule has 5 nitrogen and oxygen atoms in total. The number of carbonyl (C=O) groups excluding carboxylic acids is 1. The second-order valence-electron chi connectivity index (χ2n) is 6.89. The highest BCUT2D eigenvalue weighted by atomic mass is 16.2. The fraction of sp³-hybridized carbons (Fsp3) is 0.217. The van der Waals surface area contributed by atoms with Crippen LogP contribution in [0, 0.1) is 6.92 Å². The lowest BCUT2D eigenvalue weighted by atomic mass is 10.2. The first-order valence-corrected chi connectivity index (χ1v) is 9.37. The molecule has 28 heavy (non-hydrogen) atoms. The number of aryl methyl sites for hydroxylation is 1. The Bertz CT molecular complexity index is 934. The van der Waals surface area contributed by atoms with Gasteiger partial charge in [0, 0.05) is 37.7 Å². The van der Waals surface area contributed by atoms with Crippen LogP contribution in [-0.4, -0.2) is 31.5 Å². The molecule has 2 aromatic carbocycles. The summed E-state index contributed by atoms with van der Waals surface area (Å²) in [6, 6.07) is 19.7. The first-order valence-electron chi connectivity index (χ1n) is 9.37. The lowest BCUT2D eigenvalue weighted by Crippen LogP contribution is -2.31. The van der Waals surface area contributed by atoms with E-state index >= 15 is 0 Å². The Balaban J connectivity index is 1.73. The Morgan fingerprint density at radius 3 is 2.25 bits per heavy atom. The largest absolute Gasteiger partial charge is 0.378 e. The number of carbonyl (C=O) groups is 1. The van der Waals surface area contributed by atoms with Crippen LogP contribution in [0.15, 0.2) is 66.9 Å². The third-order valence-corrected chi connectivity index (χ3v) is 4.53. The molecule has 0 fully saturated rings. The minimum atomic E-state index is -0.102. The van der Waals surface area contributed by atoms with Gasteiger partial charge in [0.2, 0.25) is 0 Å². The van der Waals surface area contributed by atoms with Gasteiger partial charge in [-0.1, -0.05) is 12.1 Å². The molecular formula is C23H26N4O. The van der Waals surface area contributed by atoms with E-state index in [4.69, 9.17) is 0 Å². The van der Waals surface area contributed by atoms with E-state index in [1.807, 2.05) is 70.4 Å². The molecule has 144 valence electrons. The number of aromatic nitrogens is 1. The van der Waals surface area contributed by atoms with E-state index in [2.05, 4.69) is 27.3 Å². The van der Waals surface area contributed by atoms with Gasteiger partial charge in [-0.25, -0.2) is 4.98 Å². The molecule has 5 heteroatoms. The van der Waals surface area contributed by atoms with Gasteiger partial charge in [-0.3, -0.25) is 4.79 Å². The van der Waals surface area contributed by atoms with E-state index in [0.717, 1.165) is 28.3 Å². The maximum absolute atomic E-state index is 12.9. The standard InChI is InChI=1S/C23H26N4O/c1-5-27(21-8-6-7-17(2)15-21)23(28)22-14-11-19(16-24-22)25-18-9-12-20(13-10-18)26(3)4/h6-16,25H,5H2,1-4H3. The highest BCUT2D eigenvalue weighted by molar-refractivity contribution is 6.04. The van der Waals surface area contributed by atoms with Crippen LogP contribution in [-0.2, 0) is 0 Å². The molecule has 0 unspecified atom stereocenters. The highest BCUT2D eigenvalue weighted by Gasteiger charge is 2.17. The number of nitrogens with one attached hydrogen (secondary N) is 1. The number of amides is 1. The van der Waals surface area contributed by atoms with Gasteiger partial charge >= 0.3 is 0 Å². The molecule has 3 rings (SSSR count). The molecule has 0 saturated heterocycles. The maximum Gasteiger partial charge on any atom is 0.276 e. The first kappa shape index (κ1) is 19.4. The highest BCUT2D eigenvalue weighted by Crippen LogP contribution is 2.21. The van der Waals surface area contributed by atoms with Crippen LogP contribution in [0.4, 0.5) is 22.7 Å². The maximum atomic E-state index is 12.9. The first-order chi connectivity index (χ1) is 13.5. The summed E-state index contributed by atoms with van der Waals surface area (Å²) in [7, 11) is 4.02. The topological polar surface area (TPSA) is 48.5 Å². The molecule has 0 spiro atoms. The predicted octanol–water partition coefficient (Wildman–Crippen LogP) is 4.87. The van der Waals surface area contributed by atoms with Crippen LogP contribution in [0.5, 0.6) is 0 Å². The average molecular weight is 374 g/mol. The third-order valence-electron chi connectivity index (χ3n) is 4.53. The molecule has 0 bridgehead atoms. The zero-order chi connectivity index (χ0) is 20.1. The summed E-state index contributed by atoms with van der Waals surface area (Å²) in [6.45, 7) is 4.57. The van der Waals surface area contributed by atoms with Crippen LogP contribution in [0.25, 0.3) is 0 Å². The van der Waals surface area contributed by atoms with E-state index in [9.17, 15) is 4.79 Å². The lowest BCUT2D eigenvalue weighted by molar-refractivity contribution is 0.0983. The van der Waals surface area contributed by atoms with E-state index in [-0.39, 0.29) is 5.91 Å². The number of hydrogen-bond donors (Lipinski definition) is 1. The third kappa shape index (κ3) is 4.49. The van der Waals surface area contributed by atoms with Crippen molar-refractivity contribution in [3.05, 3.63) is 78.1 Å². The quantitative estimate of drug-likeness (QED) is 0.669. The number of benzene rings is 2. The Morgan fingerprint density at radius 2 is 1.68 bits per heavy atom. The second kappa shape index (κ2) is 8.57. The molecule has 0 radical (unpaired) electrons. The Hall–Kier alpha value is -3.34. The fourth-order valence-corrected chi connectivity index (χ4v) is 2.98. The lowest BCUT2D eigenvalue weighted by Gasteiger charge is -2.21. The van der Waals surface area contributed by atoms with Crippen LogP contribution in [0.1, 0.15) is 23.0 Å². The summed E-state index contributed by atoms with van der Waals surface area (Å²) in [5.74, 6) is -0.102. The van der Waals surface area contributed by atoms with Gasteiger partial charge in [0.1, 0.15) is 5.69 Å². The second-order valence-corrected chi connectivity index (χ2v) is 6.89. The van der Waals surface area contributed by atoms with E-state index in [0.29, 0.717) is 12.2 Å². The zero-order valence-electron chi connectivity index (χ0n) is 16.8. The van der Waals surface area contributed by atoms with Crippen molar-refractivity contribution in [3.63, 3.8) is 0 Å².